The van der Waals surface area contributed by atoms with E-state index < -0.39 is 49.0 Å². The van der Waals surface area contributed by atoms with Gasteiger partial charge in [0.15, 0.2) is 11.9 Å². The highest BCUT2D eigenvalue weighted by molar-refractivity contribution is 5.95. The van der Waals surface area contributed by atoms with E-state index in [1.807, 2.05) is 0 Å². The van der Waals surface area contributed by atoms with E-state index >= 15 is 0 Å². The van der Waals surface area contributed by atoms with Gasteiger partial charge in [0.1, 0.15) is 6.33 Å². The maximum atomic E-state index is 13.9. The number of aromatic nitrogens is 5. The molecule has 210 valence electrons. The number of nitrogens with one attached hydrogen (secondary N) is 2. The summed E-state index contributed by atoms with van der Waals surface area (Å²) in [4.78, 5) is 37.2. The van der Waals surface area contributed by atoms with Crippen molar-refractivity contribution in [2.24, 2.45) is 5.92 Å². The van der Waals surface area contributed by atoms with Crippen LogP contribution in [0.25, 0.3) is 5.65 Å². The summed E-state index contributed by atoms with van der Waals surface area (Å²) in [5, 5.41) is 19.4. The van der Waals surface area contributed by atoms with E-state index in [0.717, 1.165) is 0 Å². The maximum absolute atomic E-state index is 13.9. The summed E-state index contributed by atoms with van der Waals surface area (Å²) >= 11 is 0. The molecule has 0 spiro atoms. The van der Waals surface area contributed by atoms with Gasteiger partial charge in [-0.25, -0.2) is 28.2 Å². The summed E-state index contributed by atoms with van der Waals surface area (Å²) in [5.41, 5.74) is 1.25. The minimum Gasteiger partial charge on any atom is -0.369 e. The molecular weight excluding hydrogens is 529 g/mol. The van der Waals surface area contributed by atoms with Gasteiger partial charge in [0, 0.05) is 31.0 Å². The second kappa shape index (κ2) is 11.2. The van der Waals surface area contributed by atoms with Crippen LogP contribution in [0.5, 0.6) is 0 Å². The monoisotopic (exact) mass is 555 g/mol. The van der Waals surface area contributed by atoms with E-state index in [0.29, 0.717) is 11.4 Å². The van der Waals surface area contributed by atoms with Crippen molar-refractivity contribution < 1.29 is 36.6 Å². The molecule has 0 aliphatic heterocycles. The van der Waals surface area contributed by atoms with E-state index in [-0.39, 0.29) is 48.4 Å². The Balaban J connectivity index is 1.56. The van der Waals surface area contributed by atoms with Crippen LogP contribution in [0.1, 0.15) is 78.1 Å². The molecular formula is C24H26F5N7O3. The number of hydrogen-bond acceptors (Lipinski definition) is 7. The zero-order chi connectivity index (χ0) is 28.4. The number of amides is 2. The zero-order valence-electron chi connectivity index (χ0n) is 20.8. The van der Waals surface area contributed by atoms with Crippen LogP contribution in [0.3, 0.4) is 0 Å². The molecule has 0 radical (unpaired) electrons. The van der Waals surface area contributed by atoms with Crippen LogP contribution >= 0.6 is 0 Å². The van der Waals surface area contributed by atoms with Gasteiger partial charge in [-0.15, -0.1) is 0 Å². The van der Waals surface area contributed by atoms with Crippen molar-refractivity contribution in [3.8, 4) is 0 Å². The molecule has 1 aliphatic carbocycles. The smallest absolute Gasteiger partial charge is 0.369 e. The predicted molar refractivity (Wildman–Crippen MR) is 125 cm³/mol. The molecule has 15 heteroatoms. The van der Waals surface area contributed by atoms with Crippen molar-refractivity contribution in [1.82, 2.24) is 35.2 Å². The van der Waals surface area contributed by atoms with Crippen LogP contribution in [-0.4, -0.2) is 53.6 Å². The number of fused-ring (bicyclic) bond motifs is 1. The third kappa shape index (κ3) is 7.22. The second-order valence-electron chi connectivity index (χ2n) is 9.51. The molecule has 4 rings (SSSR count). The summed E-state index contributed by atoms with van der Waals surface area (Å²) in [6.07, 6.45) is -3.38. The fraction of sp³-hybridized carbons (Fsp3) is 0.500. The van der Waals surface area contributed by atoms with Gasteiger partial charge in [0.25, 0.3) is 5.91 Å². The lowest BCUT2D eigenvalue weighted by Gasteiger charge is -2.33. The Kier molecular flexibility index (Phi) is 8.09. The quantitative estimate of drug-likeness (QED) is 0.286. The van der Waals surface area contributed by atoms with Crippen LogP contribution in [0.15, 0.2) is 31.0 Å². The predicted octanol–water partition coefficient (Wildman–Crippen LogP) is 3.57. The van der Waals surface area contributed by atoms with Gasteiger partial charge in [0.05, 0.1) is 41.8 Å². The van der Waals surface area contributed by atoms with Crippen LogP contribution in [0.2, 0.25) is 0 Å². The Morgan fingerprint density at radius 3 is 2.59 bits per heavy atom. The SMILES string of the molecule is Cc1ncncc1C(=O)N[C@H](c1cn2ncc([C@@H](O)NC(=O)CCC(F)(F)F)cc2n1)C1CCC(F)(F)CC1. The van der Waals surface area contributed by atoms with Crippen LogP contribution in [0, 0.1) is 12.8 Å². The average molecular weight is 556 g/mol. The van der Waals surface area contributed by atoms with E-state index in [9.17, 15) is 36.6 Å². The number of imidazole rings is 1. The number of carbonyl (C=O) groups excluding carboxylic acids is 2. The first-order valence-corrected chi connectivity index (χ1v) is 12.2. The number of rotatable bonds is 8. The lowest BCUT2D eigenvalue weighted by molar-refractivity contribution is -0.145. The first kappa shape index (κ1) is 28.3. The van der Waals surface area contributed by atoms with Gasteiger partial charge in [-0.1, -0.05) is 0 Å². The highest BCUT2D eigenvalue weighted by atomic mass is 19.4. The van der Waals surface area contributed by atoms with Gasteiger partial charge in [0.2, 0.25) is 11.8 Å². The van der Waals surface area contributed by atoms with E-state index in [4.69, 9.17) is 0 Å². The Labute approximate surface area is 219 Å². The fourth-order valence-corrected chi connectivity index (χ4v) is 4.43. The molecule has 1 aliphatic rings. The van der Waals surface area contributed by atoms with Gasteiger partial charge < -0.3 is 15.7 Å². The molecule has 0 bridgehead atoms. The first-order chi connectivity index (χ1) is 18.3. The normalized spacial score (nSPS) is 17.5. The number of hydrogen-bond donors (Lipinski definition) is 3. The highest BCUT2D eigenvalue weighted by Gasteiger charge is 2.39. The lowest BCUT2D eigenvalue weighted by atomic mass is 9.81. The number of nitrogens with zero attached hydrogens (tertiary/aromatic N) is 5. The summed E-state index contributed by atoms with van der Waals surface area (Å²) in [6, 6.07) is 0.610. The Bertz CT molecular complexity index is 1340. The number of aliphatic hydroxyl groups is 1. The molecule has 10 nitrogen and oxygen atoms in total. The molecule has 1 fully saturated rings. The van der Waals surface area contributed by atoms with Gasteiger partial charge in [-0.05, 0) is 31.7 Å². The second-order valence-corrected chi connectivity index (χ2v) is 9.51. The van der Waals surface area contributed by atoms with Crippen molar-refractivity contribution in [3.63, 3.8) is 0 Å². The molecule has 2 amide bonds. The molecule has 2 atom stereocenters. The van der Waals surface area contributed by atoms with Crippen molar-refractivity contribution in [2.45, 2.75) is 69.8 Å². The lowest BCUT2D eigenvalue weighted by Crippen LogP contribution is -2.37. The minimum atomic E-state index is -4.51. The molecule has 3 aromatic rings. The van der Waals surface area contributed by atoms with Crippen molar-refractivity contribution in [1.29, 1.82) is 0 Å². The van der Waals surface area contributed by atoms with Crippen LogP contribution < -0.4 is 10.6 Å². The van der Waals surface area contributed by atoms with Crippen LogP contribution in [-0.2, 0) is 4.79 Å². The number of aliphatic hydroxyl groups excluding tert-OH is 1. The summed E-state index contributed by atoms with van der Waals surface area (Å²) in [6.45, 7) is 1.64. The van der Waals surface area contributed by atoms with Gasteiger partial charge in [-0.3, -0.25) is 9.59 Å². The van der Waals surface area contributed by atoms with Gasteiger partial charge >= 0.3 is 6.18 Å². The minimum absolute atomic E-state index is 0.0648. The third-order valence-electron chi connectivity index (χ3n) is 6.60. The molecule has 1 saturated carbocycles. The van der Waals surface area contributed by atoms with Crippen molar-refractivity contribution in [2.75, 3.05) is 0 Å². The largest absolute Gasteiger partial charge is 0.389 e. The van der Waals surface area contributed by atoms with E-state index in [2.05, 4.69) is 30.7 Å². The molecule has 0 aromatic carbocycles. The fourth-order valence-electron chi connectivity index (χ4n) is 4.43. The van der Waals surface area contributed by atoms with Crippen molar-refractivity contribution in [3.05, 3.63) is 53.5 Å². The topological polar surface area (TPSA) is 134 Å². The maximum Gasteiger partial charge on any atom is 0.389 e. The van der Waals surface area contributed by atoms with Crippen LogP contribution in [0.4, 0.5) is 22.0 Å². The molecule has 0 unspecified atom stereocenters. The summed E-state index contributed by atoms with van der Waals surface area (Å²) in [5.74, 6) is -4.65. The third-order valence-corrected chi connectivity index (χ3v) is 6.60. The van der Waals surface area contributed by atoms with Gasteiger partial charge in [-0.2, -0.15) is 18.3 Å². The van der Waals surface area contributed by atoms with E-state index in [1.165, 1.54) is 35.5 Å². The molecule has 3 heterocycles. The highest BCUT2D eigenvalue weighted by Crippen LogP contribution is 2.41. The number of carbonyl (C=O) groups is 2. The Hall–Kier alpha value is -3.75. The summed E-state index contributed by atoms with van der Waals surface area (Å²) < 4.78 is 66.1. The number of aryl methyl sites for hydroxylation is 1. The standard InChI is InChI=1S/C24H26F5N7O3/c1-13-16(10-30-12-31-13)22(39)35-20(14-2-5-23(25,26)6-3-14)17-11-36-18(33-17)8-15(9-32-36)21(38)34-19(37)4-7-24(27,28)29/h8-12,14,20-21,38H,2-7H2,1H3,(H,34,37)(H,35,39)/t20-,21+/m0/s1. The Morgan fingerprint density at radius 1 is 1.21 bits per heavy atom. The first-order valence-electron chi connectivity index (χ1n) is 12.2. The van der Waals surface area contributed by atoms with Crippen molar-refractivity contribution >= 4 is 17.5 Å². The number of halogens is 5. The zero-order valence-corrected chi connectivity index (χ0v) is 20.8. The number of alkyl halides is 5. The molecule has 0 saturated heterocycles. The Morgan fingerprint density at radius 2 is 1.92 bits per heavy atom. The molecule has 3 aromatic heterocycles. The molecule has 3 N–H and O–H groups in total. The van der Waals surface area contributed by atoms with E-state index in [1.54, 1.807) is 6.92 Å². The average Bonchev–Trinajstić information content (AvgIpc) is 3.29. The summed E-state index contributed by atoms with van der Waals surface area (Å²) in [7, 11) is 0. The molecule has 39 heavy (non-hydrogen) atoms.